The van der Waals surface area contributed by atoms with Crippen LogP contribution in [0.2, 0.25) is 0 Å². The zero-order chi connectivity index (χ0) is 4.99. The molecule has 0 aliphatic carbocycles. The minimum absolute atomic E-state index is 0. The van der Waals surface area contributed by atoms with E-state index >= 15 is 0 Å². The number of hydrogen-bond acceptors (Lipinski definition) is 1. The van der Waals surface area contributed by atoms with Crippen LogP contribution in [0.5, 0.6) is 0 Å². The van der Waals surface area contributed by atoms with Gasteiger partial charge in [-0.25, -0.2) is 0 Å². The topological polar surface area (TPSA) is 3.24 Å². The molecular formula is C6H13NRh. The first-order chi connectivity index (χ1) is 2.77. The monoisotopic (exact) mass is 202 g/mol. The van der Waals surface area contributed by atoms with E-state index in [4.69, 9.17) is 0 Å². The van der Waals surface area contributed by atoms with E-state index in [-0.39, 0.29) is 26.9 Å². The van der Waals surface area contributed by atoms with Gasteiger partial charge in [0.15, 0.2) is 0 Å². The molecule has 0 aromatic rings. The second kappa shape index (κ2) is 10.3. The van der Waals surface area contributed by atoms with Gasteiger partial charge in [0.25, 0.3) is 0 Å². The van der Waals surface area contributed by atoms with Crippen molar-refractivity contribution in [1.82, 2.24) is 4.90 Å². The Morgan fingerprint density at radius 3 is 2.12 bits per heavy atom. The average Bonchev–Trinajstić information content (AvgIpc) is 1.35. The standard InChI is InChI=1S/C5H10N.CH3.Rh/c1-4-5-6(2)3;;/h4H,1-2,5H2,3H3;1H3;/q2*-1;+2. The minimum Gasteiger partial charge on any atom is -0.459 e. The van der Waals surface area contributed by atoms with Crippen LogP contribution in [0, 0.1) is 14.5 Å². The van der Waals surface area contributed by atoms with Crippen LogP contribution in [0.3, 0.4) is 0 Å². The van der Waals surface area contributed by atoms with Crippen LogP contribution in [-0.4, -0.2) is 18.5 Å². The molecule has 0 heterocycles. The van der Waals surface area contributed by atoms with Gasteiger partial charge in [-0.1, -0.05) is 6.08 Å². The first kappa shape index (κ1) is 15.8. The molecule has 0 N–H and O–H groups in total. The molecule has 8 heavy (non-hydrogen) atoms. The average molecular weight is 202 g/mol. The van der Waals surface area contributed by atoms with Gasteiger partial charge in [-0.2, -0.15) is 0 Å². The molecule has 0 rings (SSSR count). The Morgan fingerprint density at radius 1 is 1.75 bits per heavy atom. The largest absolute Gasteiger partial charge is 2.00 e. The van der Waals surface area contributed by atoms with Crippen molar-refractivity contribution in [3.63, 3.8) is 0 Å². The molecule has 1 nitrogen and oxygen atoms in total. The van der Waals surface area contributed by atoms with Crippen molar-refractivity contribution in [1.29, 1.82) is 0 Å². The fraction of sp³-hybridized carbons (Fsp3) is 0.333. The summed E-state index contributed by atoms with van der Waals surface area (Å²) < 4.78 is 0. The first-order valence-corrected chi connectivity index (χ1v) is 1.90. The summed E-state index contributed by atoms with van der Waals surface area (Å²) in [4.78, 5) is 1.81. The smallest absolute Gasteiger partial charge is 0.459 e. The Labute approximate surface area is 65.5 Å². The summed E-state index contributed by atoms with van der Waals surface area (Å²) in [5.41, 5.74) is 0. The zero-order valence-electron chi connectivity index (χ0n) is 5.48. The Kier molecular flexibility index (Phi) is 20.3. The predicted octanol–water partition coefficient (Wildman–Crippen LogP) is 1.34. The number of likely N-dealkylation sites (N-methyl/N-ethyl adjacent to an activating group) is 1. The maximum atomic E-state index is 3.59. The Bertz CT molecular complexity index is 43.8. The molecule has 1 radical (unpaired) electrons. The van der Waals surface area contributed by atoms with Gasteiger partial charge in [-0.15, -0.1) is 6.58 Å². The van der Waals surface area contributed by atoms with Crippen molar-refractivity contribution in [3.05, 3.63) is 27.1 Å². The van der Waals surface area contributed by atoms with Crippen LogP contribution in [0.4, 0.5) is 0 Å². The molecule has 0 fully saturated rings. The molecule has 0 amide bonds. The van der Waals surface area contributed by atoms with Gasteiger partial charge in [0, 0.05) is 0 Å². The Morgan fingerprint density at radius 2 is 2.12 bits per heavy atom. The van der Waals surface area contributed by atoms with Gasteiger partial charge in [0.1, 0.15) is 0 Å². The van der Waals surface area contributed by atoms with Crippen molar-refractivity contribution in [2.45, 2.75) is 0 Å². The van der Waals surface area contributed by atoms with Gasteiger partial charge >= 0.3 is 19.5 Å². The van der Waals surface area contributed by atoms with E-state index in [0.717, 1.165) is 6.54 Å². The summed E-state index contributed by atoms with van der Waals surface area (Å²) in [6.07, 6.45) is 1.81. The van der Waals surface area contributed by atoms with Crippen molar-refractivity contribution in [2.24, 2.45) is 0 Å². The third kappa shape index (κ3) is 16.2. The van der Waals surface area contributed by atoms with E-state index in [1.807, 2.05) is 18.0 Å². The summed E-state index contributed by atoms with van der Waals surface area (Å²) >= 11 is 0. The van der Waals surface area contributed by atoms with Crippen LogP contribution >= 0.6 is 0 Å². The molecule has 0 spiro atoms. The maximum Gasteiger partial charge on any atom is 2.00 e. The maximum absolute atomic E-state index is 3.59. The molecule has 51 valence electrons. The van der Waals surface area contributed by atoms with Gasteiger partial charge in [-0.3, -0.25) is 7.05 Å². The van der Waals surface area contributed by atoms with Crippen molar-refractivity contribution < 1.29 is 19.5 Å². The van der Waals surface area contributed by atoms with E-state index in [0.29, 0.717) is 0 Å². The molecule has 0 atom stereocenters. The summed E-state index contributed by atoms with van der Waals surface area (Å²) in [6.45, 7) is 4.38. The third-order valence-corrected chi connectivity index (χ3v) is 0.441. The Hall–Kier alpha value is 0.323. The SMILES string of the molecule is C=CCN([CH2-])C.[CH3-].[Rh+2]. The van der Waals surface area contributed by atoms with Crippen LogP contribution in [0.15, 0.2) is 12.7 Å². The van der Waals surface area contributed by atoms with Crippen LogP contribution in [0.1, 0.15) is 0 Å². The quantitative estimate of drug-likeness (QED) is 0.371. The van der Waals surface area contributed by atoms with E-state index in [1.165, 1.54) is 0 Å². The molecule has 0 aliphatic heterocycles. The van der Waals surface area contributed by atoms with Gasteiger partial charge in [0.05, 0.1) is 0 Å². The van der Waals surface area contributed by atoms with Gasteiger partial charge in [0.2, 0.25) is 0 Å². The van der Waals surface area contributed by atoms with Crippen molar-refractivity contribution >= 4 is 0 Å². The number of rotatable bonds is 2. The van der Waals surface area contributed by atoms with E-state index < -0.39 is 0 Å². The van der Waals surface area contributed by atoms with E-state index in [1.54, 1.807) is 0 Å². The number of nitrogens with zero attached hydrogens (tertiary/aromatic N) is 1. The van der Waals surface area contributed by atoms with Crippen LogP contribution in [0.25, 0.3) is 0 Å². The van der Waals surface area contributed by atoms with Gasteiger partial charge < -0.3 is 12.3 Å². The van der Waals surface area contributed by atoms with E-state index in [9.17, 15) is 0 Å². The molecule has 0 aliphatic rings. The first-order valence-electron chi connectivity index (χ1n) is 1.90. The molecule has 2 heteroatoms. The summed E-state index contributed by atoms with van der Waals surface area (Å²) in [7, 11) is 5.49. The van der Waals surface area contributed by atoms with Crippen molar-refractivity contribution in [2.75, 3.05) is 13.6 Å². The second-order valence-corrected chi connectivity index (χ2v) is 1.33. The molecule has 0 bridgehead atoms. The van der Waals surface area contributed by atoms with Crippen molar-refractivity contribution in [3.8, 4) is 0 Å². The fourth-order valence-electron chi connectivity index (χ4n) is 0.220. The number of hydrogen-bond donors (Lipinski definition) is 0. The predicted molar refractivity (Wildman–Crippen MR) is 34.6 cm³/mol. The Balaban J connectivity index is -0.000000125. The molecule has 0 aromatic carbocycles. The van der Waals surface area contributed by atoms with Crippen LogP contribution in [-0.2, 0) is 19.5 Å². The molecule has 0 aromatic heterocycles. The molecule has 0 saturated heterocycles. The van der Waals surface area contributed by atoms with Crippen LogP contribution < -0.4 is 0 Å². The minimum atomic E-state index is 0. The molecule has 0 unspecified atom stereocenters. The second-order valence-electron chi connectivity index (χ2n) is 1.33. The normalized spacial score (nSPS) is 6.88. The van der Waals surface area contributed by atoms with E-state index in [2.05, 4.69) is 13.6 Å². The molecule has 0 saturated carbocycles. The summed E-state index contributed by atoms with van der Waals surface area (Å²) in [5, 5.41) is 0. The van der Waals surface area contributed by atoms with Gasteiger partial charge in [-0.05, 0) is 13.6 Å². The third-order valence-electron chi connectivity index (χ3n) is 0.441. The summed E-state index contributed by atoms with van der Waals surface area (Å²) in [5.74, 6) is 0. The zero-order valence-corrected chi connectivity index (χ0v) is 7.12. The summed E-state index contributed by atoms with van der Waals surface area (Å²) in [6, 6.07) is 0. The molecular weight excluding hydrogens is 189 g/mol. The fourth-order valence-corrected chi connectivity index (χ4v) is 0.220.